The number of benzene rings is 2. The van der Waals surface area contributed by atoms with Gasteiger partial charge in [0.15, 0.2) is 0 Å². The minimum absolute atomic E-state index is 0.0351. The Morgan fingerprint density at radius 1 is 1.11 bits per heavy atom. The number of fused-ring (bicyclic) bond motifs is 1. The summed E-state index contributed by atoms with van der Waals surface area (Å²) in [5, 5.41) is 4.44. The van der Waals surface area contributed by atoms with Crippen LogP contribution in [0.25, 0.3) is 0 Å². The number of rotatable bonds is 4. The van der Waals surface area contributed by atoms with E-state index in [4.69, 9.17) is 4.74 Å². The standard InChI is InChI=1S/C20H20FN3O4/c1-28-19(26)17-10-13-6-2-3-7-14(13)11-24(17)12-18(25)23-20(27)22-16-9-5-4-8-15(16)21/h2-9,17H,10-12H2,1H3,(H2,22,23,25,27)/t17-/m0/s1. The first-order chi connectivity index (χ1) is 13.5. The number of carbonyl (C=O) groups excluding carboxylic acids is 3. The zero-order valence-electron chi connectivity index (χ0n) is 15.3. The Bertz CT molecular complexity index is 903. The highest BCUT2D eigenvalue weighted by Gasteiger charge is 2.33. The van der Waals surface area contributed by atoms with Crippen LogP contribution < -0.4 is 10.6 Å². The lowest BCUT2D eigenvalue weighted by Gasteiger charge is -2.34. The summed E-state index contributed by atoms with van der Waals surface area (Å²) in [6.07, 6.45) is 0.414. The van der Waals surface area contributed by atoms with Gasteiger partial charge in [0.2, 0.25) is 5.91 Å². The van der Waals surface area contributed by atoms with E-state index in [-0.39, 0.29) is 12.2 Å². The highest BCUT2D eigenvalue weighted by molar-refractivity contribution is 6.01. The first-order valence-corrected chi connectivity index (χ1v) is 8.72. The molecule has 7 nitrogen and oxygen atoms in total. The van der Waals surface area contributed by atoms with Gasteiger partial charge < -0.3 is 10.1 Å². The molecule has 0 fully saturated rings. The average Bonchev–Trinajstić information content (AvgIpc) is 2.68. The average molecular weight is 385 g/mol. The molecule has 146 valence electrons. The van der Waals surface area contributed by atoms with Crippen LogP contribution in [0.5, 0.6) is 0 Å². The molecule has 0 aliphatic carbocycles. The zero-order valence-corrected chi connectivity index (χ0v) is 15.3. The number of carbonyl (C=O) groups is 3. The Labute approximate surface area is 161 Å². The van der Waals surface area contributed by atoms with Crippen molar-refractivity contribution in [3.63, 3.8) is 0 Å². The van der Waals surface area contributed by atoms with Crippen LogP contribution in [-0.4, -0.2) is 42.5 Å². The lowest BCUT2D eigenvalue weighted by molar-refractivity contribution is -0.148. The topological polar surface area (TPSA) is 87.7 Å². The first kappa shape index (κ1) is 19.5. The molecular weight excluding hydrogens is 365 g/mol. The number of methoxy groups -OCH3 is 1. The molecule has 0 radical (unpaired) electrons. The van der Waals surface area contributed by atoms with Crippen LogP contribution in [0.15, 0.2) is 48.5 Å². The molecule has 1 heterocycles. The van der Waals surface area contributed by atoms with E-state index in [0.717, 1.165) is 11.1 Å². The van der Waals surface area contributed by atoms with Gasteiger partial charge in [-0.1, -0.05) is 36.4 Å². The number of hydrogen-bond donors (Lipinski definition) is 2. The van der Waals surface area contributed by atoms with E-state index in [0.29, 0.717) is 13.0 Å². The monoisotopic (exact) mass is 385 g/mol. The highest BCUT2D eigenvalue weighted by Crippen LogP contribution is 2.23. The van der Waals surface area contributed by atoms with Gasteiger partial charge in [-0.25, -0.2) is 9.18 Å². The number of nitrogens with one attached hydrogen (secondary N) is 2. The molecular formula is C20H20FN3O4. The molecule has 1 aliphatic heterocycles. The lowest BCUT2D eigenvalue weighted by Crippen LogP contribution is -2.51. The lowest BCUT2D eigenvalue weighted by atomic mass is 9.94. The van der Waals surface area contributed by atoms with Crippen LogP contribution in [0.1, 0.15) is 11.1 Å². The van der Waals surface area contributed by atoms with Gasteiger partial charge in [0.25, 0.3) is 0 Å². The van der Waals surface area contributed by atoms with Crippen molar-refractivity contribution < 1.29 is 23.5 Å². The smallest absolute Gasteiger partial charge is 0.326 e. The number of para-hydroxylation sites is 1. The van der Waals surface area contributed by atoms with Gasteiger partial charge in [-0.3, -0.25) is 19.8 Å². The van der Waals surface area contributed by atoms with E-state index < -0.39 is 29.8 Å². The number of anilines is 1. The van der Waals surface area contributed by atoms with Crippen LogP contribution >= 0.6 is 0 Å². The molecule has 0 aromatic heterocycles. The van der Waals surface area contributed by atoms with Gasteiger partial charge >= 0.3 is 12.0 Å². The molecule has 1 atom stereocenters. The predicted molar refractivity (Wildman–Crippen MR) is 99.9 cm³/mol. The van der Waals surface area contributed by atoms with Crippen molar-refractivity contribution in [3.8, 4) is 0 Å². The molecule has 1 aliphatic rings. The van der Waals surface area contributed by atoms with Crippen LogP contribution in [0.3, 0.4) is 0 Å². The number of imide groups is 1. The van der Waals surface area contributed by atoms with Crippen molar-refractivity contribution in [1.29, 1.82) is 0 Å². The van der Waals surface area contributed by atoms with E-state index in [1.54, 1.807) is 11.0 Å². The number of urea groups is 1. The van der Waals surface area contributed by atoms with E-state index >= 15 is 0 Å². The fourth-order valence-electron chi connectivity index (χ4n) is 3.18. The van der Waals surface area contributed by atoms with Gasteiger partial charge in [0.05, 0.1) is 19.3 Å². The molecule has 28 heavy (non-hydrogen) atoms. The van der Waals surface area contributed by atoms with E-state index in [9.17, 15) is 18.8 Å². The number of nitrogens with zero attached hydrogens (tertiary/aromatic N) is 1. The van der Waals surface area contributed by atoms with Gasteiger partial charge in [0, 0.05) is 6.54 Å². The normalized spacial score (nSPS) is 16.0. The second kappa shape index (κ2) is 8.62. The Balaban J connectivity index is 1.65. The van der Waals surface area contributed by atoms with Crippen molar-refractivity contribution in [2.75, 3.05) is 19.0 Å². The van der Waals surface area contributed by atoms with Crippen molar-refractivity contribution >= 4 is 23.6 Å². The maximum atomic E-state index is 13.6. The van der Waals surface area contributed by atoms with Gasteiger partial charge in [-0.05, 0) is 29.7 Å². The second-order valence-corrected chi connectivity index (χ2v) is 6.40. The maximum Gasteiger partial charge on any atom is 0.326 e. The van der Waals surface area contributed by atoms with Crippen molar-refractivity contribution in [3.05, 3.63) is 65.5 Å². The third-order valence-corrected chi connectivity index (χ3v) is 4.54. The minimum atomic E-state index is -0.845. The summed E-state index contributed by atoms with van der Waals surface area (Å²) < 4.78 is 18.4. The molecule has 0 saturated heterocycles. The van der Waals surface area contributed by atoms with E-state index in [2.05, 4.69) is 10.6 Å². The summed E-state index contributed by atoms with van der Waals surface area (Å²) in [5.41, 5.74) is 1.99. The summed E-state index contributed by atoms with van der Waals surface area (Å²) in [6.45, 7) is 0.192. The number of amides is 3. The molecule has 0 unspecified atom stereocenters. The number of ether oxygens (including phenoxy) is 1. The third kappa shape index (κ3) is 4.52. The molecule has 3 amide bonds. The highest BCUT2D eigenvalue weighted by atomic mass is 19.1. The largest absolute Gasteiger partial charge is 0.468 e. The third-order valence-electron chi connectivity index (χ3n) is 4.54. The SMILES string of the molecule is COC(=O)[C@@H]1Cc2ccccc2CN1CC(=O)NC(=O)Nc1ccccc1F. The Hall–Kier alpha value is -3.26. The predicted octanol–water partition coefficient (Wildman–Crippen LogP) is 2.07. The molecule has 0 spiro atoms. The van der Waals surface area contributed by atoms with Crippen molar-refractivity contribution in [2.45, 2.75) is 19.0 Å². The summed E-state index contributed by atoms with van der Waals surface area (Å²) in [6, 6.07) is 11.8. The fourth-order valence-corrected chi connectivity index (χ4v) is 3.18. The Morgan fingerprint density at radius 3 is 2.50 bits per heavy atom. The Kier molecular flexibility index (Phi) is 6.00. The molecule has 0 saturated carbocycles. The molecule has 2 aromatic carbocycles. The van der Waals surface area contributed by atoms with Gasteiger partial charge in [-0.2, -0.15) is 0 Å². The molecule has 8 heteroatoms. The van der Waals surface area contributed by atoms with Gasteiger partial charge in [-0.15, -0.1) is 0 Å². The molecule has 2 N–H and O–H groups in total. The van der Waals surface area contributed by atoms with Crippen LogP contribution in [0.4, 0.5) is 14.9 Å². The second-order valence-electron chi connectivity index (χ2n) is 6.40. The summed E-state index contributed by atoms with van der Waals surface area (Å²) >= 11 is 0. The summed E-state index contributed by atoms with van der Waals surface area (Å²) in [4.78, 5) is 38.1. The number of esters is 1. The van der Waals surface area contributed by atoms with Crippen LogP contribution in [-0.2, 0) is 27.3 Å². The minimum Gasteiger partial charge on any atom is -0.468 e. The fraction of sp³-hybridized carbons (Fsp3) is 0.250. The molecule has 2 aromatic rings. The van der Waals surface area contributed by atoms with E-state index in [1.165, 1.54) is 25.3 Å². The quantitative estimate of drug-likeness (QED) is 0.787. The molecule has 0 bridgehead atoms. The van der Waals surface area contributed by atoms with Crippen LogP contribution in [0.2, 0.25) is 0 Å². The van der Waals surface area contributed by atoms with E-state index in [1.807, 2.05) is 24.3 Å². The van der Waals surface area contributed by atoms with Crippen LogP contribution in [0, 0.1) is 5.82 Å². The zero-order chi connectivity index (χ0) is 20.1. The maximum absolute atomic E-state index is 13.6. The summed E-state index contributed by atoms with van der Waals surface area (Å²) in [5.74, 6) is -1.66. The first-order valence-electron chi connectivity index (χ1n) is 8.72. The number of hydrogen-bond acceptors (Lipinski definition) is 5. The van der Waals surface area contributed by atoms with Gasteiger partial charge in [0.1, 0.15) is 11.9 Å². The molecule has 3 rings (SSSR count). The summed E-state index contributed by atoms with van der Waals surface area (Å²) in [7, 11) is 1.29. The number of halogens is 1. The van der Waals surface area contributed by atoms with Crippen molar-refractivity contribution in [1.82, 2.24) is 10.2 Å². The van der Waals surface area contributed by atoms with Crippen molar-refractivity contribution in [2.24, 2.45) is 0 Å². The Morgan fingerprint density at radius 2 is 1.79 bits per heavy atom.